The molecule has 0 fully saturated rings. The van der Waals surface area contributed by atoms with Crippen LogP contribution in [0.4, 0.5) is 8.78 Å². The molecule has 0 aliphatic carbocycles. The maximum Gasteiger partial charge on any atom is 0.387 e. The molecule has 2 bridgehead atoms. The van der Waals surface area contributed by atoms with E-state index in [1.165, 1.54) is 18.2 Å². The highest BCUT2D eigenvalue weighted by Crippen LogP contribution is 2.50. The van der Waals surface area contributed by atoms with Gasteiger partial charge in [-0.25, -0.2) is 9.97 Å². The van der Waals surface area contributed by atoms with Crippen LogP contribution in [0.15, 0.2) is 48.5 Å². The zero-order chi connectivity index (χ0) is 28.7. The predicted octanol–water partition coefficient (Wildman–Crippen LogP) is 5.72. The number of hydrogen-bond donors (Lipinski definition) is 0. The number of benzene rings is 2. The van der Waals surface area contributed by atoms with Crippen molar-refractivity contribution >= 4 is 41.0 Å². The van der Waals surface area contributed by atoms with Crippen molar-refractivity contribution in [2.75, 3.05) is 20.3 Å². The summed E-state index contributed by atoms with van der Waals surface area (Å²) < 4.78 is 70.3. The number of aromatic nitrogens is 3. The van der Waals surface area contributed by atoms with Gasteiger partial charge in [0.1, 0.15) is 23.9 Å². The SMILES string of the molecule is [2H]C([2H])([2H])N1C(=O)c2cccc(OC(F)F)c2[C@H]2C[C@@H]1c1nc3ccc(-c4ccc(P(C)(C)=O)c(Cl)n4)cc3n12. The topological polar surface area (TPSA) is 77.3 Å². The minimum Gasteiger partial charge on any atom is -0.434 e. The number of ether oxygens (including phenoxy) is 1. The Balaban J connectivity index is 1.58. The molecule has 4 aromatic rings. The largest absolute Gasteiger partial charge is 0.434 e. The van der Waals surface area contributed by atoms with E-state index in [-0.39, 0.29) is 28.5 Å². The lowest BCUT2D eigenvalue weighted by Gasteiger charge is -2.24. The van der Waals surface area contributed by atoms with E-state index >= 15 is 0 Å². The third-order valence-electron chi connectivity index (χ3n) is 6.85. The third-order valence-corrected chi connectivity index (χ3v) is 8.80. The van der Waals surface area contributed by atoms with Gasteiger partial charge in [-0.15, -0.1) is 0 Å². The second-order valence-electron chi connectivity index (χ2n) is 9.44. The number of amides is 1. The van der Waals surface area contributed by atoms with Crippen LogP contribution in [0.2, 0.25) is 5.15 Å². The number of alkyl halides is 2. The monoisotopic (exact) mass is 545 g/mol. The van der Waals surface area contributed by atoms with Crippen molar-refractivity contribution in [1.29, 1.82) is 0 Å². The Morgan fingerprint density at radius 3 is 2.68 bits per heavy atom. The lowest BCUT2D eigenvalue weighted by Crippen LogP contribution is -2.30. The maximum atomic E-state index is 13.6. The van der Waals surface area contributed by atoms with Gasteiger partial charge in [0, 0.05) is 39.5 Å². The fourth-order valence-electron chi connectivity index (χ4n) is 5.26. The molecule has 1 amide bonds. The number of carbonyl (C=O) groups excluding carboxylic acids is 1. The molecule has 7 nitrogen and oxygen atoms in total. The van der Waals surface area contributed by atoms with Gasteiger partial charge < -0.3 is 18.8 Å². The summed E-state index contributed by atoms with van der Waals surface area (Å²) >= 11 is 6.37. The molecular formula is C26H22ClF2N4O3P. The van der Waals surface area contributed by atoms with Crippen molar-refractivity contribution in [3.63, 3.8) is 0 Å². The fourth-order valence-corrected chi connectivity index (χ4v) is 6.95. The Kier molecular flexibility index (Phi) is 4.69. The number of imidazole rings is 1. The van der Waals surface area contributed by atoms with Crippen LogP contribution in [0.1, 0.15) is 44.4 Å². The van der Waals surface area contributed by atoms with Gasteiger partial charge in [0.2, 0.25) is 0 Å². The highest BCUT2D eigenvalue weighted by Gasteiger charge is 2.45. The van der Waals surface area contributed by atoms with Gasteiger partial charge >= 0.3 is 6.61 Å². The third kappa shape index (κ3) is 3.75. The van der Waals surface area contributed by atoms with Gasteiger partial charge in [0.05, 0.1) is 28.8 Å². The molecule has 0 unspecified atom stereocenters. The summed E-state index contributed by atoms with van der Waals surface area (Å²) in [6, 6.07) is 11.2. The number of rotatable bonds is 4. The van der Waals surface area contributed by atoms with Crippen molar-refractivity contribution in [3.05, 3.63) is 70.6 Å². The fraction of sp³-hybridized carbons (Fsp3) is 0.269. The minimum absolute atomic E-state index is 0.0157. The highest BCUT2D eigenvalue weighted by molar-refractivity contribution is 7.70. The summed E-state index contributed by atoms with van der Waals surface area (Å²) in [4.78, 5) is 23.5. The van der Waals surface area contributed by atoms with E-state index in [0.29, 0.717) is 33.4 Å². The molecule has 0 radical (unpaired) electrons. The summed E-state index contributed by atoms with van der Waals surface area (Å²) in [5.41, 5.74) is 2.45. The molecule has 2 aliphatic heterocycles. The van der Waals surface area contributed by atoms with Gasteiger partial charge in [0.25, 0.3) is 5.91 Å². The van der Waals surface area contributed by atoms with Gasteiger partial charge in [-0.2, -0.15) is 8.78 Å². The number of pyridine rings is 1. The molecule has 6 rings (SSSR count). The van der Waals surface area contributed by atoms with Gasteiger partial charge in [-0.05, 0) is 49.7 Å². The van der Waals surface area contributed by atoms with E-state index in [0.717, 1.165) is 4.90 Å². The smallest absolute Gasteiger partial charge is 0.387 e. The molecule has 190 valence electrons. The van der Waals surface area contributed by atoms with Gasteiger partial charge in [0.15, 0.2) is 0 Å². The van der Waals surface area contributed by atoms with Crippen molar-refractivity contribution in [2.45, 2.75) is 25.1 Å². The first kappa shape index (κ1) is 20.7. The lowest BCUT2D eigenvalue weighted by atomic mass is 9.97. The molecule has 11 heteroatoms. The van der Waals surface area contributed by atoms with Gasteiger partial charge in [-0.3, -0.25) is 4.79 Å². The van der Waals surface area contributed by atoms with Crippen LogP contribution in [-0.4, -0.2) is 52.3 Å². The molecule has 2 aromatic heterocycles. The Hall–Kier alpha value is -3.29. The van der Waals surface area contributed by atoms with E-state index in [4.69, 9.17) is 20.5 Å². The van der Waals surface area contributed by atoms with E-state index < -0.39 is 38.7 Å². The molecular weight excluding hydrogens is 521 g/mol. The molecule has 4 heterocycles. The lowest BCUT2D eigenvalue weighted by molar-refractivity contribution is -0.0507. The molecule has 2 aromatic carbocycles. The van der Waals surface area contributed by atoms with Crippen LogP contribution in [0.3, 0.4) is 0 Å². The molecule has 0 saturated heterocycles. The maximum absolute atomic E-state index is 13.6. The molecule has 2 atom stereocenters. The van der Waals surface area contributed by atoms with Gasteiger partial charge in [-0.1, -0.05) is 23.7 Å². The molecule has 37 heavy (non-hydrogen) atoms. The summed E-state index contributed by atoms with van der Waals surface area (Å²) in [5, 5.41) is 0.596. The molecule has 0 spiro atoms. The molecule has 0 saturated carbocycles. The normalized spacial score (nSPS) is 20.3. The Bertz CT molecular complexity index is 1760. The predicted molar refractivity (Wildman–Crippen MR) is 138 cm³/mol. The summed E-state index contributed by atoms with van der Waals surface area (Å²) in [6.45, 7) is -2.75. The van der Waals surface area contributed by atoms with Crippen molar-refractivity contribution < 1.29 is 27.0 Å². The van der Waals surface area contributed by atoms with Crippen LogP contribution in [0.5, 0.6) is 5.75 Å². The second kappa shape index (κ2) is 8.36. The van der Waals surface area contributed by atoms with Crippen LogP contribution >= 0.6 is 18.7 Å². The zero-order valence-corrected chi connectivity index (χ0v) is 21.3. The van der Waals surface area contributed by atoms with E-state index in [2.05, 4.69) is 9.97 Å². The van der Waals surface area contributed by atoms with E-state index in [9.17, 15) is 18.1 Å². The Morgan fingerprint density at radius 1 is 1.16 bits per heavy atom. The first-order valence-corrected chi connectivity index (χ1v) is 14.4. The number of hydrogen-bond acceptors (Lipinski definition) is 5. The minimum atomic E-state index is -3.15. The van der Waals surface area contributed by atoms with Crippen molar-refractivity contribution in [2.24, 2.45) is 0 Å². The average Bonchev–Trinajstić information content (AvgIpc) is 3.35. The molecule has 0 N–H and O–H groups in total. The number of carbonyl (C=O) groups is 1. The first-order valence-electron chi connectivity index (χ1n) is 12.9. The molecule has 2 aliphatic rings. The first-order chi connectivity index (χ1) is 18.8. The Morgan fingerprint density at radius 2 is 1.97 bits per heavy atom. The number of nitrogens with zero attached hydrogens (tertiary/aromatic N) is 4. The van der Waals surface area contributed by atoms with Crippen molar-refractivity contribution in [3.8, 4) is 17.0 Å². The van der Waals surface area contributed by atoms with E-state index in [1.807, 2.05) is 0 Å². The average molecular weight is 546 g/mol. The second-order valence-corrected chi connectivity index (χ2v) is 13.0. The number of fused-ring (bicyclic) bond motifs is 9. The van der Waals surface area contributed by atoms with E-state index in [1.54, 1.807) is 48.2 Å². The van der Waals surface area contributed by atoms with Crippen LogP contribution < -0.4 is 10.0 Å². The quantitative estimate of drug-likeness (QED) is 0.242. The van der Waals surface area contributed by atoms with Crippen LogP contribution in [0.25, 0.3) is 22.3 Å². The number of halogens is 3. The summed E-state index contributed by atoms with van der Waals surface area (Å²) in [5.74, 6) is -0.668. The summed E-state index contributed by atoms with van der Waals surface area (Å²) in [7, 11) is -2.65. The van der Waals surface area contributed by atoms with Crippen LogP contribution in [0, 0.1) is 0 Å². The standard InChI is InChI=1S/C26H22ClF2N4O3P/c1-32-19-12-18(22-14(25(32)34)5-4-6-20(22)36-26(28)29)33-17-11-13(7-8-16(17)31-24(19)33)15-9-10-21(23(27)30-15)37(2,3)35/h4-11,18-19,26H,12H2,1-3H3/t18-,19-/m1/s1/i1D3. The zero-order valence-electron chi connectivity index (χ0n) is 22.7. The van der Waals surface area contributed by atoms with Crippen molar-refractivity contribution in [1.82, 2.24) is 19.4 Å². The Labute approximate surface area is 220 Å². The summed E-state index contributed by atoms with van der Waals surface area (Å²) in [6.07, 6.45) is 0.115. The highest BCUT2D eigenvalue weighted by atomic mass is 35.5. The van der Waals surface area contributed by atoms with Crippen LogP contribution in [-0.2, 0) is 4.57 Å².